The van der Waals surface area contributed by atoms with Crippen LogP contribution in [0.3, 0.4) is 0 Å². The number of nitrogens with one attached hydrogen (secondary N) is 1. The van der Waals surface area contributed by atoms with Gasteiger partial charge in [-0.05, 0) is 31.9 Å². The Labute approximate surface area is 115 Å². The van der Waals surface area contributed by atoms with Crippen LogP contribution in [0.1, 0.15) is 33.6 Å². The van der Waals surface area contributed by atoms with Crippen molar-refractivity contribution in [3.63, 3.8) is 0 Å². The van der Waals surface area contributed by atoms with E-state index in [1.807, 2.05) is 44.2 Å². The minimum atomic E-state index is -0.513. The zero-order chi connectivity index (χ0) is 14.3. The van der Waals surface area contributed by atoms with E-state index in [0.29, 0.717) is 6.61 Å². The molecule has 106 valence electrons. The Balaban J connectivity index is 2.45. The lowest BCUT2D eigenvalue weighted by Crippen LogP contribution is -2.45. The number of hydrogen-bond acceptors (Lipinski definition) is 3. The number of ether oxygens (including phenoxy) is 1. The Kier molecular flexibility index (Phi) is 5.99. The van der Waals surface area contributed by atoms with Crippen LogP contribution in [-0.2, 0) is 9.53 Å². The number of anilines is 1. The van der Waals surface area contributed by atoms with Crippen LogP contribution in [0, 0.1) is 0 Å². The van der Waals surface area contributed by atoms with Gasteiger partial charge in [0.05, 0.1) is 6.61 Å². The van der Waals surface area contributed by atoms with Crippen molar-refractivity contribution in [3.8, 4) is 0 Å². The minimum absolute atomic E-state index is 0.152. The summed E-state index contributed by atoms with van der Waals surface area (Å²) in [5, 5.41) is 2.81. The molecule has 1 aromatic rings. The normalized spacial score (nSPS) is 13.1. The third-order valence-corrected chi connectivity index (χ3v) is 3.44. The molecule has 0 heterocycles. The highest BCUT2D eigenvalue weighted by Crippen LogP contribution is 2.13. The number of hydrogen-bond donors (Lipinski definition) is 2. The molecule has 0 spiro atoms. The third kappa shape index (κ3) is 5.01. The van der Waals surface area contributed by atoms with Gasteiger partial charge in [0.2, 0.25) is 0 Å². The van der Waals surface area contributed by atoms with Gasteiger partial charge >= 0.3 is 0 Å². The Bertz CT molecular complexity index is 388. The van der Waals surface area contributed by atoms with Crippen LogP contribution in [0.25, 0.3) is 0 Å². The van der Waals surface area contributed by atoms with Crippen molar-refractivity contribution in [1.29, 1.82) is 0 Å². The lowest BCUT2D eigenvalue weighted by molar-refractivity contribution is -0.127. The second kappa shape index (κ2) is 7.26. The van der Waals surface area contributed by atoms with Crippen LogP contribution in [0.15, 0.2) is 30.3 Å². The van der Waals surface area contributed by atoms with E-state index in [1.165, 1.54) is 0 Å². The summed E-state index contributed by atoms with van der Waals surface area (Å²) in [5.74, 6) is -0.152. The SMILES string of the molecule is CCC(N)(CC)COC(C)C(=O)Nc1ccccc1. The van der Waals surface area contributed by atoms with E-state index in [9.17, 15) is 4.79 Å². The Hall–Kier alpha value is -1.39. The van der Waals surface area contributed by atoms with Gasteiger partial charge in [-0.3, -0.25) is 4.79 Å². The maximum Gasteiger partial charge on any atom is 0.253 e. The first kappa shape index (κ1) is 15.7. The molecule has 0 aliphatic heterocycles. The monoisotopic (exact) mass is 264 g/mol. The number of carbonyl (C=O) groups excluding carboxylic acids is 1. The van der Waals surface area contributed by atoms with Crippen LogP contribution < -0.4 is 11.1 Å². The van der Waals surface area contributed by atoms with Crippen LogP contribution in [-0.4, -0.2) is 24.2 Å². The average molecular weight is 264 g/mol. The van der Waals surface area contributed by atoms with Gasteiger partial charge in [-0.15, -0.1) is 0 Å². The van der Waals surface area contributed by atoms with E-state index < -0.39 is 6.10 Å². The van der Waals surface area contributed by atoms with Crippen molar-refractivity contribution in [1.82, 2.24) is 0 Å². The van der Waals surface area contributed by atoms with Gasteiger partial charge in [0, 0.05) is 11.2 Å². The molecule has 0 aliphatic rings. The molecule has 1 atom stereocenters. The molecule has 19 heavy (non-hydrogen) atoms. The number of amides is 1. The molecule has 0 fully saturated rings. The van der Waals surface area contributed by atoms with Crippen LogP contribution >= 0.6 is 0 Å². The van der Waals surface area contributed by atoms with Gasteiger partial charge in [0.1, 0.15) is 6.10 Å². The summed E-state index contributed by atoms with van der Waals surface area (Å²) in [7, 11) is 0. The molecular weight excluding hydrogens is 240 g/mol. The molecular formula is C15H24N2O2. The molecule has 1 aromatic carbocycles. The first-order chi connectivity index (χ1) is 9.00. The molecule has 0 aliphatic carbocycles. The molecule has 1 rings (SSSR count). The highest BCUT2D eigenvalue weighted by atomic mass is 16.5. The fraction of sp³-hybridized carbons (Fsp3) is 0.533. The van der Waals surface area contributed by atoms with E-state index in [4.69, 9.17) is 10.5 Å². The van der Waals surface area contributed by atoms with E-state index in [-0.39, 0.29) is 11.4 Å². The lowest BCUT2D eigenvalue weighted by atomic mass is 9.95. The van der Waals surface area contributed by atoms with Gasteiger partial charge < -0.3 is 15.8 Å². The Morgan fingerprint density at radius 1 is 1.32 bits per heavy atom. The van der Waals surface area contributed by atoms with Crippen molar-refractivity contribution < 1.29 is 9.53 Å². The Morgan fingerprint density at radius 2 is 1.89 bits per heavy atom. The summed E-state index contributed by atoms with van der Waals surface area (Å²) in [6, 6.07) is 9.34. The summed E-state index contributed by atoms with van der Waals surface area (Å²) >= 11 is 0. The third-order valence-electron chi connectivity index (χ3n) is 3.44. The standard InChI is InChI=1S/C15H24N2O2/c1-4-15(16,5-2)11-19-12(3)14(18)17-13-9-7-6-8-10-13/h6-10,12H,4-5,11,16H2,1-3H3,(H,17,18). The first-order valence-corrected chi connectivity index (χ1v) is 6.77. The Morgan fingerprint density at radius 3 is 2.42 bits per heavy atom. The summed E-state index contributed by atoms with van der Waals surface area (Å²) in [5.41, 5.74) is 6.57. The topological polar surface area (TPSA) is 64.3 Å². The van der Waals surface area contributed by atoms with E-state index >= 15 is 0 Å². The zero-order valence-corrected chi connectivity index (χ0v) is 12.0. The summed E-state index contributed by atoms with van der Waals surface area (Å²) in [6.45, 7) is 6.19. The molecule has 3 N–H and O–H groups in total. The number of para-hydroxylation sites is 1. The summed E-state index contributed by atoms with van der Waals surface area (Å²) in [4.78, 5) is 11.9. The lowest BCUT2D eigenvalue weighted by Gasteiger charge is -2.27. The summed E-state index contributed by atoms with van der Waals surface area (Å²) < 4.78 is 5.59. The second-order valence-corrected chi connectivity index (χ2v) is 4.88. The predicted octanol–water partition coefficient (Wildman–Crippen LogP) is 2.55. The molecule has 1 amide bonds. The van der Waals surface area contributed by atoms with Crippen molar-refractivity contribution >= 4 is 11.6 Å². The smallest absolute Gasteiger partial charge is 0.253 e. The second-order valence-electron chi connectivity index (χ2n) is 4.88. The van der Waals surface area contributed by atoms with Crippen molar-refractivity contribution in [2.24, 2.45) is 5.73 Å². The molecule has 0 saturated heterocycles. The van der Waals surface area contributed by atoms with E-state index in [1.54, 1.807) is 6.92 Å². The number of carbonyl (C=O) groups is 1. The fourth-order valence-electron chi connectivity index (χ4n) is 1.59. The van der Waals surface area contributed by atoms with Gasteiger partial charge in [-0.25, -0.2) is 0 Å². The minimum Gasteiger partial charge on any atom is -0.367 e. The van der Waals surface area contributed by atoms with E-state index in [0.717, 1.165) is 18.5 Å². The van der Waals surface area contributed by atoms with Crippen LogP contribution in [0.5, 0.6) is 0 Å². The highest BCUT2D eigenvalue weighted by Gasteiger charge is 2.23. The fourth-order valence-corrected chi connectivity index (χ4v) is 1.59. The molecule has 0 aromatic heterocycles. The highest BCUT2D eigenvalue weighted by molar-refractivity contribution is 5.93. The number of benzene rings is 1. The maximum atomic E-state index is 11.9. The largest absolute Gasteiger partial charge is 0.367 e. The molecule has 0 bridgehead atoms. The molecule has 1 unspecified atom stereocenters. The van der Waals surface area contributed by atoms with E-state index in [2.05, 4.69) is 5.32 Å². The molecule has 4 nitrogen and oxygen atoms in total. The maximum absolute atomic E-state index is 11.9. The first-order valence-electron chi connectivity index (χ1n) is 6.77. The van der Waals surface area contributed by atoms with Gasteiger partial charge in [0.15, 0.2) is 0 Å². The average Bonchev–Trinajstić information content (AvgIpc) is 2.45. The molecule has 0 radical (unpaired) electrons. The van der Waals surface area contributed by atoms with Crippen molar-refractivity contribution in [2.75, 3.05) is 11.9 Å². The van der Waals surface area contributed by atoms with Gasteiger partial charge in [0.25, 0.3) is 5.91 Å². The number of rotatable bonds is 7. The van der Waals surface area contributed by atoms with Gasteiger partial charge in [-0.1, -0.05) is 32.0 Å². The molecule has 0 saturated carbocycles. The molecule has 4 heteroatoms. The van der Waals surface area contributed by atoms with Crippen molar-refractivity contribution in [3.05, 3.63) is 30.3 Å². The summed E-state index contributed by atoms with van der Waals surface area (Å²) in [6.07, 6.45) is 1.15. The quantitative estimate of drug-likeness (QED) is 0.795. The van der Waals surface area contributed by atoms with Crippen molar-refractivity contribution in [2.45, 2.75) is 45.3 Å². The zero-order valence-electron chi connectivity index (χ0n) is 12.0. The predicted molar refractivity (Wildman–Crippen MR) is 78.0 cm³/mol. The number of nitrogens with two attached hydrogens (primary N) is 1. The van der Waals surface area contributed by atoms with Gasteiger partial charge in [-0.2, -0.15) is 0 Å². The van der Waals surface area contributed by atoms with Crippen LogP contribution in [0.4, 0.5) is 5.69 Å². The van der Waals surface area contributed by atoms with Crippen LogP contribution in [0.2, 0.25) is 0 Å².